The van der Waals surface area contributed by atoms with Gasteiger partial charge in [0.2, 0.25) is 5.91 Å². The summed E-state index contributed by atoms with van der Waals surface area (Å²) in [4.78, 5) is 20.9. The van der Waals surface area contributed by atoms with Gasteiger partial charge in [0, 0.05) is 29.5 Å². The van der Waals surface area contributed by atoms with Crippen LogP contribution in [0.25, 0.3) is 11.8 Å². The summed E-state index contributed by atoms with van der Waals surface area (Å²) in [6.45, 7) is 4.36. The second-order valence-electron chi connectivity index (χ2n) is 7.34. The Morgan fingerprint density at radius 2 is 2.09 bits per heavy atom. The van der Waals surface area contributed by atoms with Crippen LogP contribution in [-0.2, 0) is 11.4 Å². The Kier molecular flexibility index (Phi) is 6.77. The lowest BCUT2D eigenvalue weighted by Gasteiger charge is -2.14. The van der Waals surface area contributed by atoms with Crippen LogP contribution in [0, 0.1) is 6.92 Å². The summed E-state index contributed by atoms with van der Waals surface area (Å²) in [5, 5.41) is 6.02. The van der Waals surface area contributed by atoms with Crippen molar-refractivity contribution >= 4 is 23.3 Å². The predicted molar refractivity (Wildman–Crippen MR) is 127 cm³/mol. The van der Waals surface area contributed by atoms with Gasteiger partial charge in [0.1, 0.15) is 12.4 Å². The number of aryl methyl sites for hydroxylation is 1. The Balaban J connectivity index is 1.31. The fourth-order valence-corrected chi connectivity index (χ4v) is 3.80. The number of carbonyl (C=O) groups is 1. The summed E-state index contributed by atoms with van der Waals surface area (Å²) in [5.74, 6) is 0.588. The van der Waals surface area contributed by atoms with Crippen LogP contribution in [-0.4, -0.2) is 20.4 Å². The first-order chi connectivity index (χ1) is 15.6. The lowest BCUT2D eigenvalue weighted by Crippen LogP contribution is -2.24. The molecule has 0 saturated carbocycles. The highest BCUT2D eigenvalue weighted by atomic mass is 32.1. The molecule has 32 heavy (non-hydrogen) atoms. The number of carbonyl (C=O) groups excluding carboxylic acids is 1. The van der Waals surface area contributed by atoms with Gasteiger partial charge in [-0.3, -0.25) is 4.79 Å². The molecule has 2 heterocycles. The molecule has 0 unspecified atom stereocenters. The van der Waals surface area contributed by atoms with Crippen LogP contribution in [0.1, 0.15) is 34.8 Å². The average molecular weight is 445 g/mol. The minimum atomic E-state index is -0.152. The zero-order chi connectivity index (χ0) is 22.3. The number of nitrogens with one attached hydrogen (secondary N) is 1. The molecule has 162 valence electrons. The molecule has 7 heteroatoms. The third-order valence-electron chi connectivity index (χ3n) is 4.89. The Bertz CT molecular complexity index is 1200. The maximum Gasteiger partial charge on any atom is 0.244 e. The van der Waals surface area contributed by atoms with Crippen molar-refractivity contribution in [1.82, 2.24) is 19.9 Å². The first kappa shape index (κ1) is 21.5. The molecule has 0 fully saturated rings. The van der Waals surface area contributed by atoms with Gasteiger partial charge in [-0.1, -0.05) is 24.3 Å². The summed E-state index contributed by atoms with van der Waals surface area (Å²) < 4.78 is 7.75. The van der Waals surface area contributed by atoms with Gasteiger partial charge in [0.25, 0.3) is 0 Å². The number of amides is 1. The van der Waals surface area contributed by atoms with Gasteiger partial charge in [-0.25, -0.2) is 9.97 Å². The second kappa shape index (κ2) is 10.1. The number of thiazole rings is 1. The molecule has 4 aromatic rings. The maximum absolute atomic E-state index is 12.4. The molecular weight excluding hydrogens is 420 g/mol. The molecule has 1 atom stereocenters. The van der Waals surface area contributed by atoms with Crippen molar-refractivity contribution in [2.75, 3.05) is 0 Å². The zero-order valence-electron chi connectivity index (χ0n) is 17.9. The molecule has 4 rings (SSSR count). The molecule has 2 aromatic heterocycles. The highest BCUT2D eigenvalue weighted by Crippen LogP contribution is 2.18. The highest BCUT2D eigenvalue weighted by molar-refractivity contribution is 7.09. The molecule has 0 spiro atoms. The Labute approximate surface area is 191 Å². The molecule has 0 aliphatic carbocycles. The van der Waals surface area contributed by atoms with Crippen LogP contribution >= 0.6 is 11.3 Å². The molecule has 6 nitrogen and oxygen atoms in total. The molecular formula is C25H24N4O2S. The first-order valence-corrected chi connectivity index (χ1v) is 11.2. The van der Waals surface area contributed by atoms with Crippen molar-refractivity contribution < 1.29 is 9.53 Å². The standard InChI is InChI=1S/C25H24N4O2S/c1-18(21-7-9-23(10-8-21)29-13-12-26-17-29)27-25(30)11-6-20-4-3-5-24(14-20)31-15-22-16-32-19(2)28-22/h3-14,16-18H,15H2,1-2H3,(H,27,30)/b11-6+/t18-/m1/s1. The van der Waals surface area contributed by atoms with Crippen molar-refractivity contribution in [3.05, 3.63) is 101 Å². The monoisotopic (exact) mass is 444 g/mol. The molecule has 0 saturated heterocycles. The SMILES string of the molecule is Cc1nc(COc2cccc(/C=C/C(=O)N[C@H](C)c3ccc(-n4ccnc4)cc3)c2)cs1. The number of hydrogen-bond donors (Lipinski definition) is 1. The molecule has 0 aliphatic rings. The fraction of sp³-hybridized carbons (Fsp3) is 0.160. The van der Waals surface area contributed by atoms with E-state index in [1.54, 1.807) is 36.0 Å². The fourth-order valence-electron chi connectivity index (χ4n) is 3.20. The van der Waals surface area contributed by atoms with E-state index in [2.05, 4.69) is 15.3 Å². The largest absolute Gasteiger partial charge is 0.487 e. The molecule has 0 radical (unpaired) electrons. The van der Waals surface area contributed by atoms with E-state index in [0.717, 1.165) is 33.3 Å². The van der Waals surface area contributed by atoms with Gasteiger partial charge >= 0.3 is 0 Å². The van der Waals surface area contributed by atoms with E-state index in [9.17, 15) is 4.79 Å². The normalized spacial score (nSPS) is 12.1. The van der Waals surface area contributed by atoms with Crippen LogP contribution in [0.2, 0.25) is 0 Å². The van der Waals surface area contributed by atoms with Gasteiger partial charge in [0.15, 0.2) is 0 Å². The predicted octanol–water partition coefficient (Wildman–Crippen LogP) is 5.11. The lowest BCUT2D eigenvalue weighted by molar-refractivity contribution is -0.117. The van der Waals surface area contributed by atoms with E-state index in [1.165, 1.54) is 0 Å². The number of hydrogen-bond acceptors (Lipinski definition) is 5. The van der Waals surface area contributed by atoms with Crippen molar-refractivity contribution in [2.24, 2.45) is 0 Å². The van der Waals surface area contributed by atoms with Crippen LogP contribution in [0.3, 0.4) is 0 Å². The molecule has 0 bridgehead atoms. The minimum Gasteiger partial charge on any atom is -0.487 e. The number of rotatable bonds is 8. The van der Waals surface area contributed by atoms with Gasteiger partial charge in [-0.2, -0.15) is 0 Å². The lowest BCUT2D eigenvalue weighted by atomic mass is 10.1. The highest BCUT2D eigenvalue weighted by Gasteiger charge is 2.08. The first-order valence-electron chi connectivity index (χ1n) is 10.3. The average Bonchev–Trinajstić information content (AvgIpc) is 3.49. The van der Waals surface area contributed by atoms with Crippen LogP contribution < -0.4 is 10.1 Å². The number of nitrogens with zero attached hydrogens (tertiary/aromatic N) is 3. The maximum atomic E-state index is 12.4. The van der Waals surface area contributed by atoms with Crippen molar-refractivity contribution in [3.8, 4) is 11.4 Å². The number of imidazole rings is 1. The Hall–Kier alpha value is -3.71. The van der Waals surface area contributed by atoms with E-state index in [4.69, 9.17) is 4.74 Å². The van der Waals surface area contributed by atoms with Gasteiger partial charge in [-0.05, 0) is 55.3 Å². The van der Waals surface area contributed by atoms with E-state index in [1.807, 2.05) is 78.5 Å². The summed E-state index contributed by atoms with van der Waals surface area (Å²) in [5.41, 5.74) is 3.87. The molecule has 2 aromatic carbocycles. The summed E-state index contributed by atoms with van der Waals surface area (Å²) in [7, 11) is 0. The van der Waals surface area contributed by atoms with Gasteiger partial charge < -0.3 is 14.6 Å². The molecule has 1 N–H and O–H groups in total. The summed E-state index contributed by atoms with van der Waals surface area (Å²) in [6, 6.07) is 15.6. The summed E-state index contributed by atoms with van der Waals surface area (Å²) >= 11 is 1.61. The Morgan fingerprint density at radius 1 is 1.25 bits per heavy atom. The van der Waals surface area contributed by atoms with Crippen molar-refractivity contribution in [1.29, 1.82) is 0 Å². The van der Waals surface area contributed by atoms with Crippen LogP contribution in [0.15, 0.2) is 78.7 Å². The topological polar surface area (TPSA) is 69.0 Å². The summed E-state index contributed by atoms with van der Waals surface area (Å²) in [6.07, 6.45) is 8.71. The Morgan fingerprint density at radius 3 is 2.81 bits per heavy atom. The molecule has 1 amide bonds. The second-order valence-corrected chi connectivity index (χ2v) is 8.41. The van der Waals surface area contributed by atoms with Crippen molar-refractivity contribution in [2.45, 2.75) is 26.5 Å². The smallest absolute Gasteiger partial charge is 0.244 e. The van der Waals surface area contributed by atoms with Gasteiger partial charge in [0.05, 0.1) is 23.1 Å². The number of ether oxygens (including phenoxy) is 1. The number of aromatic nitrogens is 3. The minimum absolute atomic E-state index is 0.111. The van der Waals surface area contributed by atoms with Crippen LogP contribution in [0.4, 0.5) is 0 Å². The van der Waals surface area contributed by atoms with E-state index >= 15 is 0 Å². The van der Waals surface area contributed by atoms with Crippen LogP contribution in [0.5, 0.6) is 5.75 Å². The third kappa shape index (κ3) is 5.70. The van der Waals surface area contributed by atoms with Gasteiger partial charge in [-0.15, -0.1) is 11.3 Å². The quantitative estimate of drug-likeness (QED) is 0.384. The number of benzene rings is 2. The zero-order valence-corrected chi connectivity index (χ0v) is 18.8. The molecule has 0 aliphatic heterocycles. The third-order valence-corrected chi connectivity index (χ3v) is 5.72. The van der Waals surface area contributed by atoms with Crippen molar-refractivity contribution in [3.63, 3.8) is 0 Å². The van der Waals surface area contributed by atoms with E-state index in [-0.39, 0.29) is 11.9 Å². The van der Waals surface area contributed by atoms with E-state index < -0.39 is 0 Å². The van der Waals surface area contributed by atoms with E-state index in [0.29, 0.717) is 6.61 Å².